The largest absolute Gasteiger partial charge is 0.508 e. The van der Waals surface area contributed by atoms with Crippen LogP contribution in [0.25, 0.3) is 0 Å². The van der Waals surface area contributed by atoms with Gasteiger partial charge in [-0.15, -0.1) is 0 Å². The monoisotopic (exact) mass is 369 g/mol. The molecule has 1 N–H and O–H groups in total. The summed E-state index contributed by atoms with van der Waals surface area (Å²) in [6, 6.07) is 6.38. The molecule has 5 atom stereocenters. The summed E-state index contributed by atoms with van der Waals surface area (Å²) in [5.41, 5.74) is 2.94. The van der Waals surface area contributed by atoms with E-state index in [1.54, 1.807) is 6.92 Å². The van der Waals surface area contributed by atoms with Crippen LogP contribution in [0.3, 0.4) is 0 Å². The molecule has 0 aliphatic heterocycles. The molecule has 3 aliphatic carbocycles. The quantitative estimate of drug-likeness (QED) is 0.733. The van der Waals surface area contributed by atoms with Crippen LogP contribution in [0.1, 0.15) is 83.8 Å². The second-order valence-electron chi connectivity index (χ2n) is 10.5. The van der Waals surface area contributed by atoms with Gasteiger partial charge in [-0.3, -0.25) is 4.79 Å². The van der Waals surface area contributed by atoms with Crippen LogP contribution in [0, 0.1) is 17.3 Å². The van der Waals surface area contributed by atoms with Crippen molar-refractivity contribution in [2.75, 3.05) is 0 Å². The smallest absolute Gasteiger partial charge is 0.220 e. The number of hydrogen-bond acceptors (Lipinski definition) is 2. The van der Waals surface area contributed by atoms with Crippen molar-refractivity contribution in [3.8, 4) is 5.75 Å². The summed E-state index contributed by atoms with van der Waals surface area (Å²) in [6.45, 7) is 10.8. The molecule has 2 saturated carbocycles. The van der Waals surface area contributed by atoms with E-state index in [-0.39, 0.29) is 16.9 Å². The van der Waals surface area contributed by atoms with Crippen molar-refractivity contribution in [2.24, 2.45) is 17.3 Å². The molecule has 3 nitrogen and oxygen atoms in total. The van der Waals surface area contributed by atoms with Crippen molar-refractivity contribution in [1.82, 2.24) is 4.90 Å². The van der Waals surface area contributed by atoms with Crippen LogP contribution >= 0.6 is 0 Å². The first kappa shape index (κ1) is 18.8. The van der Waals surface area contributed by atoms with Gasteiger partial charge in [0.2, 0.25) is 5.91 Å². The highest BCUT2D eigenvalue weighted by Crippen LogP contribution is 2.62. The van der Waals surface area contributed by atoms with E-state index in [0.29, 0.717) is 23.6 Å². The van der Waals surface area contributed by atoms with Crippen molar-refractivity contribution in [3.63, 3.8) is 0 Å². The van der Waals surface area contributed by atoms with Crippen molar-refractivity contribution in [3.05, 3.63) is 29.3 Å². The number of carbonyl (C=O) groups excluding carboxylic acids is 1. The van der Waals surface area contributed by atoms with E-state index in [4.69, 9.17) is 0 Å². The zero-order chi connectivity index (χ0) is 19.6. The Morgan fingerprint density at radius 2 is 1.93 bits per heavy atom. The standard InChI is InChI=1S/C24H35NO2/c1-15(26)25(23(2,3)4)22-11-10-21-20-8-6-16-14-17(27)7-9-18(16)19(20)12-13-24(21,22)5/h7,9,14,19-22,27H,6,8,10-13H2,1-5H3/t19-,20-,21+,22?,24+/m1/s1. The number of phenolic OH excluding ortho intramolecular Hbond substituents is 1. The molecule has 0 bridgehead atoms. The van der Waals surface area contributed by atoms with Gasteiger partial charge in [0, 0.05) is 18.5 Å². The molecule has 1 aromatic carbocycles. The minimum atomic E-state index is -0.123. The molecular weight excluding hydrogens is 334 g/mol. The predicted octanol–water partition coefficient (Wildman–Crippen LogP) is 5.26. The van der Waals surface area contributed by atoms with E-state index in [1.807, 2.05) is 12.1 Å². The number of hydrogen-bond donors (Lipinski definition) is 1. The van der Waals surface area contributed by atoms with Gasteiger partial charge < -0.3 is 10.0 Å². The highest BCUT2D eigenvalue weighted by atomic mass is 16.3. The lowest BCUT2D eigenvalue weighted by Gasteiger charge is -2.54. The lowest BCUT2D eigenvalue weighted by molar-refractivity contribution is -0.142. The van der Waals surface area contributed by atoms with Crippen LogP contribution in [-0.4, -0.2) is 27.5 Å². The van der Waals surface area contributed by atoms with Gasteiger partial charge in [-0.05, 0) is 106 Å². The molecule has 0 aromatic heterocycles. The lowest BCUT2D eigenvalue weighted by atomic mass is 9.55. The fourth-order valence-corrected chi connectivity index (χ4v) is 7.12. The summed E-state index contributed by atoms with van der Waals surface area (Å²) < 4.78 is 0. The number of amides is 1. The fourth-order valence-electron chi connectivity index (χ4n) is 7.12. The summed E-state index contributed by atoms with van der Waals surface area (Å²) in [7, 11) is 0. The molecule has 4 rings (SSSR count). The van der Waals surface area contributed by atoms with Gasteiger partial charge in [-0.1, -0.05) is 13.0 Å². The van der Waals surface area contributed by atoms with Crippen molar-refractivity contribution >= 4 is 5.91 Å². The molecule has 0 heterocycles. The molecule has 1 unspecified atom stereocenters. The molecule has 0 spiro atoms. The van der Waals surface area contributed by atoms with Crippen LogP contribution in [0.5, 0.6) is 5.75 Å². The Kier molecular flexibility index (Phi) is 4.36. The second kappa shape index (κ2) is 6.25. The Hall–Kier alpha value is -1.51. The number of phenols is 1. The number of aryl methyl sites for hydroxylation is 1. The molecule has 0 radical (unpaired) electrons. The van der Waals surface area contributed by atoms with Gasteiger partial charge in [0.1, 0.15) is 5.75 Å². The Morgan fingerprint density at radius 3 is 2.59 bits per heavy atom. The number of benzene rings is 1. The third-order valence-corrected chi connectivity index (χ3v) is 8.03. The molecule has 3 aliphatic rings. The number of nitrogens with zero attached hydrogens (tertiary/aromatic N) is 1. The van der Waals surface area contributed by atoms with Crippen LogP contribution in [0.15, 0.2) is 18.2 Å². The maximum atomic E-state index is 12.6. The average Bonchev–Trinajstić information content (AvgIpc) is 2.90. The Labute approximate surface area is 164 Å². The molecule has 0 saturated heterocycles. The van der Waals surface area contributed by atoms with Crippen LogP contribution in [-0.2, 0) is 11.2 Å². The Morgan fingerprint density at radius 1 is 1.19 bits per heavy atom. The highest BCUT2D eigenvalue weighted by Gasteiger charge is 2.57. The number of rotatable bonds is 1. The summed E-state index contributed by atoms with van der Waals surface area (Å²) in [5.74, 6) is 2.68. The lowest BCUT2D eigenvalue weighted by Crippen LogP contribution is -2.57. The van der Waals surface area contributed by atoms with E-state index in [1.165, 1.54) is 36.8 Å². The van der Waals surface area contributed by atoms with Crippen molar-refractivity contribution < 1.29 is 9.90 Å². The SMILES string of the molecule is CC(=O)N(C1CC[C@H]2[C@@H]3CCc4cc(O)ccc4[C@H]3CC[C@]12C)C(C)(C)C. The molecule has 3 heteroatoms. The van der Waals surface area contributed by atoms with Crippen molar-refractivity contribution in [1.29, 1.82) is 0 Å². The first-order valence-corrected chi connectivity index (χ1v) is 10.7. The van der Waals surface area contributed by atoms with Gasteiger partial charge in [0.05, 0.1) is 0 Å². The van der Waals surface area contributed by atoms with Gasteiger partial charge in [0.25, 0.3) is 0 Å². The minimum absolute atomic E-state index is 0.123. The van der Waals surface area contributed by atoms with E-state index in [2.05, 4.69) is 38.7 Å². The van der Waals surface area contributed by atoms with Gasteiger partial charge in [0.15, 0.2) is 0 Å². The van der Waals surface area contributed by atoms with Crippen LogP contribution < -0.4 is 0 Å². The highest BCUT2D eigenvalue weighted by molar-refractivity contribution is 5.74. The van der Waals surface area contributed by atoms with Crippen molar-refractivity contribution in [2.45, 2.75) is 90.6 Å². The third kappa shape index (κ3) is 2.89. The fraction of sp³-hybridized carbons (Fsp3) is 0.708. The molecule has 27 heavy (non-hydrogen) atoms. The third-order valence-electron chi connectivity index (χ3n) is 8.03. The zero-order valence-corrected chi connectivity index (χ0v) is 17.6. The van der Waals surface area contributed by atoms with Crippen LogP contribution in [0.4, 0.5) is 0 Å². The number of carbonyl (C=O) groups is 1. The summed E-state index contributed by atoms with van der Waals surface area (Å²) in [5, 5.41) is 9.86. The molecule has 1 amide bonds. The predicted molar refractivity (Wildman–Crippen MR) is 109 cm³/mol. The minimum Gasteiger partial charge on any atom is -0.508 e. The van der Waals surface area contributed by atoms with Gasteiger partial charge >= 0.3 is 0 Å². The average molecular weight is 370 g/mol. The van der Waals surface area contributed by atoms with Gasteiger partial charge in [-0.2, -0.15) is 0 Å². The summed E-state index contributed by atoms with van der Waals surface area (Å²) >= 11 is 0. The zero-order valence-electron chi connectivity index (χ0n) is 17.6. The summed E-state index contributed by atoms with van der Waals surface area (Å²) in [6.07, 6.45) is 7.10. The van der Waals surface area contributed by atoms with E-state index in [0.717, 1.165) is 18.8 Å². The maximum Gasteiger partial charge on any atom is 0.220 e. The Balaban J connectivity index is 1.66. The first-order chi connectivity index (χ1) is 12.6. The normalized spacial score (nSPS) is 35.1. The molecule has 148 valence electrons. The maximum absolute atomic E-state index is 12.6. The number of aromatic hydroxyl groups is 1. The Bertz CT molecular complexity index is 749. The molecular formula is C24H35NO2. The van der Waals surface area contributed by atoms with Gasteiger partial charge in [-0.25, -0.2) is 0 Å². The van der Waals surface area contributed by atoms with Crippen LogP contribution in [0.2, 0.25) is 0 Å². The molecule has 2 fully saturated rings. The molecule has 1 aromatic rings. The topological polar surface area (TPSA) is 40.5 Å². The van der Waals surface area contributed by atoms with E-state index >= 15 is 0 Å². The number of fused-ring (bicyclic) bond motifs is 5. The second-order valence-corrected chi connectivity index (χ2v) is 10.5. The summed E-state index contributed by atoms with van der Waals surface area (Å²) in [4.78, 5) is 14.8. The van der Waals surface area contributed by atoms with E-state index < -0.39 is 0 Å². The van der Waals surface area contributed by atoms with E-state index in [9.17, 15) is 9.90 Å². The first-order valence-electron chi connectivity index (χ1n) is 10.7.